The first-order valence-corrected chi connectivity index (χ1v) is 7.72. The van der Waals surface area contributed by atoms with Gasteiger partial charge in [0.2, 0.25) is 0 Å². The smallest absolute Gasteiger partial charge is 0.352 e. The summed E-state index contributed by atoms with van der Waals surface area (Å²) < 4.78 is 4.89. The van der Waals surface area contributed by atoms with Crippen molar-refractivity contribution >= 4 is 46.2 Å². The molecule has 1 fully saturated rings. The van der Waals surface area contributed by atoms with Crippen molar-refractivity contribution in [3.05, 3.63) is 51.2 Å². The quantitative estimate of drug-likeness (QED) is 0.845. The Morgan fingerprint density at radius 2 is 2.23 bits per heavy atom. The Kier molecular flexibility index (Phi) is 3.96. The fourth-order valence-corrected chi connectivity index (χ4v) is 3.03. The molecule has 1 unspecified atom stereocenters. The van der Waals surface area contributed by atoms with Crippen molar-refractivity contribution in [3.8, 4) is 0 Å². The number of carbonyl (C=O) groups is 2. The summed E-state index contributed by atoms with van der Waals surface area (Å²) in [7, 11) is 0. The number of hydrogen-bond acceptors (Lipinski definition) is 5. The first kappa shape index (κ1) is 14.7. The van der Waals surface area contributed by atoms with Gasteiger partial charge in [0.05, 0.1) is 10.8 Å². The van der Waals surface area contributed by atoms with Gasteiger partial charge in [-0.2, -0.15) is 0 Å². The van der Waals surface area contributed by atoms with Crippen LogP contribution >= 0.6 is 22.9 Å². The summed E-state index contributed by atoms with van der Waals surface area (Å²) in [5, 5.41) is 12.9. The summed E-state index contributed by atoms with van der Waals surface area (Å²) in [6.45, 7) is 0.0832. The van der Waals surface area contributed by atoms with E-state index in [2.05, 4.69) is 5.32 Å². The maximum absolute atomic E-state index is 12.2. The molecular formula is C15H11ClN2O3S. The van der Waals surface area contributed by atoms with Crippen LogP contribution in [0.3, 0.4) is 0 Å². The first-order chi connectivity index (χ1) is 10.6. The summed E-state index contributed by atoms with van der Waals surface area (Å²) in [6.07, 6.45) is 0. The molecule has 1 aromatic carbocycles. The predicted octanol–water partition coefficient (Wildman–Crippen LogP) is 3.31. The Hall–Kier alpha value is -2.18. The van der Waals surface area contributed by atoms with E-state index in [-0.39, 0.29) is 18.2 Å². The van der Waals surface area contributed by atoms with E-state index >= 15 is 0 Å². The fraction of sp³-hybridized carbons (Fsp3) is 0.133. The summed E-state index contributed by atoms with van der Waals surface area (Å²) in [5.74, 6) is -1.40. The number of thiophene rings is 1. The van der Waals surface area contributed by atoms with Crippen molar-refractivity contribution in [1.29, 1.82) is 5.41 Å². The largest absolute Gasteiger partial charge is 0.460 e. The Bertz CT molecular complexity index is 758. The average molecular weight is 335 g/mol. The molecule has 1 amide bonds. The van der Waals surface area contributed by atoms with Gasteiger partial charge in [0.15, 0.2) is 0 Å². The molecule has 0 aliphatic carbocycles. The minimum atomic E-state index is -0.638. The van der Waals surface area contributed by atoms with Crippen molar-refractivity contribution in [1.82, 2.24) is 0 Å². The fourth-order valence-electron chi connectivity index (χ4n) is 2.24. The molecule has 7 heteroatoms. The van der Waals surface area contributed by atoms with Crippen LogP contribution in [-0.2, 0) is 9.53 Å². The molecule has 0 bridgehead atoms. The molecule has 1 aromatic heterocycles. The minimum Gasteiger partial charge on any atom is -0.460 e. The molecule has 0 spiro atoms. The molecule has 1 aliphatic heterocycles. The van der Waals surface area contributed by atoms with Gasteiger partial charge in [-0.05, 0) is 35.2 Å². The Labute approximate surface area is 135 Å². The number of hydrogen-bond donors (Lipinski definition) is 2. The highest BCUT2D eigenvalue weighted by molar-refractivity contribution is 7.12. The van der Waals surface area contributed by atoms with E-state index in [1.54, 1.807) is 30.3 Å². The zero-order valence-corrected chi connectivity index (χ0v) is 12.8. The Morgan fingerprint density at radius 3 is 2.86 bits per heavy atom. The van der Waals surface area contributed by atoms with Gasteiger partial charge in [0.1, 0.15) is 12.3 Å². The van der Waals surface area contributed by atoms with E-state index in [0.29, 0.717) is 21.2 Å². The van der Waals surface area contributed by atoms with Crippen LogP contribution in [0.5, 0.6) is 0 Å². The number of carbonyl (C=O) groups excluding carboxylic acids is 2. The molecule has 2 heterocycles. The van der Waals surface area contributed by atoms with Crippen LogP contribution in [-0.4, -0.2) is 24.2 Å². The van der Waals surface area contributed by atoms with Crippen LogP contribution in [0.2, 0.25) is 5.02 Å². The Morgan fingerprint density at radius 1 is 1.41 bits per heavy atom. The monoisotopic (exact) mass is 334 g/mol. The van der Waals surface area contributed by atoms with Gasteiger partial charge in [-0.15, -0.1) is 11.3 Å². The number of esters is 1. The highest BCUT2D eigenvalue weighted by atomic mass is 35.5. The second-order valence-corrected chi connectivity index (χ2v) is 6.11. The van der Waals surface area contributed by atoms with Gasteiger partial charge in [0, 0.05) is 10.7 Å². The number of halogens is 1. The highest BCUT2D eigenvalue weighted by Crippen LogP contribution is 2.32. The minimum absolute atomic E-state index is 0.0832. The molecule has 1 atom stereocenters. The molecule has 5 nitrogen and oxygen atoms in total. The second kappa shape index (κ2) is 5.90. The summed E-state index contributed by atoms with van der Waals surface area (Å²) >= 11 is 7.34. The third-order valence-electron chi connectivity index (χ3n) is 3.33. The number of ether oxygens (including phenoxy) is 1. The molecule has 22 heavy (non-hydrogen) atoms. The summed E-state index contributed by atoms with van der Waals surface area (Å²) in [4.78, 5) is 24.2. The molecular weight excluding hydrogens is 324 g/mol. The second-order valence-electron chi connectivity index (χ2n) is 4.73. The molecule has 1 aliphatic rings. The number of nitrogens with one attached hydrogen (secondary N) is 2. The lowest BCUT2D eigenvalue weighted by Gasteiger charge is -2.14. The molecule has 1 saturated heterocycles. The third-order valence-corrected chi connectivity index (χ3v) is 4.44. The van der Waals surface area contributed by atoms with Gasteiger partial charge >= 0.3 is 5.97 Å². The van der Waals surface area contributed by atoms with E-state index < -0.39 is 11.9 Å². The zero-order chi connectivity index (χ0) is 15.7. The molecule has 112 valence electrons. The van der Waals surface area contributed by atoms with Crippen LogP contribution < -0.4 is 5.32 Å². The predicted molar refractivity (Wildman–Crippen MR) is 85.2 cm³/mol. The SMILES string of the molecule is N=C1C(=O)OCC1c1cc(Cl)ccc1NC(=O)c1cccs1. The molecule has 2 aromatic rings. The molecule has 0 radical (unpaired) electrons. The zero-order valence-electron chi connectivity index (χ0n) is 11.3. The van der Waals surface area contributed by atoms with E-state index in [1.165, 1.54) is 11.3 Å². The highest BCUT2D eigenvalue weighted by Gasteiger charge is 2.34. The van der Waals surface area contributed by atoms with Gasteiger partial charge < -0.3 is 10.1 Å². The van der Waals surface area contributed by atoms with Crippen molar-refractivity contribution in [3.63, 3.8) is 0 Å². The van der Waals surface area contributed by atoms with Gasteiger partial charge in [-0.25, -0.2) is 4.79 Å². The molecule has 3 rings (SSSR count). The first-order valence-electron chi connectivity index (χ1n) is 6.46. The van der Waals surface area contributed by atoms with Crippen LogP contribution in [0.25, 0.3) is 0 Å². The number of amides is 1. The lowest BCUT2D eigenvalue weighted by molar-refractivity contribution is -0.132. The normalized spacial score (nSPS) is 17.4. The number of benzene rings is 1. The standard InChI is InChI=1S/C15H11ClN2O3S/c16-8-3-4-11(18-14(19)12-2-1-5-22-12)9(6-8)10-7-21-15(20)13(10)17/h1-6,10,17H,7H2,(H,18,19). The lowest BCUT2D eigenvalue weighted by Crippen LogP contribution is -2.17. The van der Waals surface area contributed by atoms with Gasteiger partial charge in [-0.3, -0.25) is 10.2 Å². The number of anilines is 1. The average Bonchev–Trinajstić information content (AvgIpc) is 3.13. The topological polar surface area (TPSA) is 79.2 Å². The van der Waals surface area contributed by atoms with E-state index in [1.807, 2.05) is 5.38 Å². The van der Waals surface area contributed by atoms with Crippen molar-refractivity contribution in [2.45, 2.75) is 5.92 Å². The number of rotatable bonds is 3. The van der Waals surface area contributed by atoms with Gasteiger partial charge in [0.25, 0.3) is 5.91 Å². The third kappa shape index (κ3) is 2.75. The molecule has 0 saturated carbocycles. The van der Waals surface area contributed by atoms with Crippen LogP contribution in [0, 0.1) is 5.41 Å². The van der Waals surface area contributed by atoms with Crippen molar-refractivity contribution < 1.29 is 14.3 Å². The van der Waals surface area contributed by atoms with Gasteiger partial charge in [-0.1, -0.05) is 17.7 Å². The van der Waals surface area contributed by atoms with Crippen LogP contribution in [0.4, 0.5) is 5.69 Å². The van der Waals surface area contributed by atoms with Crippen LogP contribution in [0.15, 0.2) is 35.7 Å². The summed E-state index contributed by atoms with van der Waals surface area (Å²) in [5.41, 5.74) is 0.998. The van der Waals surface area contributed by atoms with E-state index in [0.717, 1.165) is 0 Å². The lowest BCUT2D eigenvalue weighted by atomic mass is 9.95. The maximum atomic E-state index is 12.2. The summed E-state index contributed by atoms with van der Waals surface area (Å²) in [6, 6.07) is 8.48. The van der Waals surface area contributed by atoms with Crippen molar-refractivity contribution in [2.75, 3.05) is 11.9 Å². The van der Waals surface area contributed by atoms with Crippen molar-refractivity contribution in [2.24, 2.45) is 0 Å². The van der Waals surface area contributed by atoms with Crippen LogP contribution in [0.1, 0.15) is 21.2 Å². The maximum Gasteiger partial charge on any atom is 0.352 e. The molecule has 2 N–H and O–H groups in total. The van der Waals surface area contributed by atoms with E-state index in [4.69, 9.17) is 21.7 Å². The van der Waals surface area contributed by atoms with E-state index in [9.17, 15) is 9.59 Å². The number of cyclic esters (lactones) is 1. The Balaban J connectivity index is 1.93.